The Morgan fingerprint density at radius 1 is 1.19 bits per heavy atom. The van der Waals surface area contributed by atoms with E-state index in [4.69, 9.17) is 16.3 Å². The van der Waals surface area contributed by atoms with Gasteiger partial charge in [0.1, 0.15) is 16.5 Å². The van der Waals surface area contributed by atoms with Gasteiger partial charge in [-0.2, -0.15) is 4.31 Å². The number of benzene rings is 2. The van der Waals surface area contributed by atoms with E-state index in [1.54, 1.807) is 30.3 Å². The summed E-state index contributed by atoms with van der Waals surface area (Å²) in [4.78, 5) is 6.91. The number of hydrogen-bond donors (Lipinski definition) is 0. The third-order valence-electron chi connectivity index (χ3n) is 5.16. The summed E-state index contributed by atoms with van der Waals surface area (Å²) in [5.74, 6) is -0.122. The van der Waals surface area contributed by atoms with Crippen LogP contribution < -0.4 is 9.64 Å². The topological polar surface area (TPSA) is 62.7 Å². The van der Waals surface area contributed by atoms with E-state index < -0.39 is 15.8 Å². The average Bonchev–Trinajstić information content (AvgIpc) is 3.25. The molecule has 0 radical (unpaired) electrons. The van der Waals surface area contributed by atoms with Crippen molar-refractivity contribution in [1.82, 2.24) is 9.29 Å². The van der Waals surface area contributed by atoms with Crippen molar-refractivity contribution in [1.29, 1.82) is 0 Å². The molecule has 1 aromatic heterocycles. The molecule has 1 aliphatic heterocycles. The summed E-state index contributed by atoms with van der Waals surface area (Å²) < 4.78 is 47.1. The first-order valence-corrected chi connectivity index (χ1v) is 13.2. The molecule has 3 aromatic rings. The molecular weight excluding hydrogens is 541 g/mol. The molecule has 0 bridgehead atoms. The summed E-state index contributed by atoms with van der Waals surface area (Å²) in [6.07, 6.45) is 0.549. The molecule has 6 nitrogen and oxygen atoms in total. The quantitative estimate of drug-likeness (QED) is 0.433. The molecule has 0 unspecified atom stereocenters. The lowest BCUT2D eigenvalue weighted by molar-refractivity contribution is 0.374. The van der Waals surface area contributed by atoms with Crippen molar-refractivity contribution in [3.05, 3.63) is 68.3 Å². The third kappa shape index (κ3) is 4.94. The van der Waals surface area contributed by atoms with Gasteiger partial charge in [-0.05, 0) is 35.9 Å². The van der Waals surface area contributed by atoms with Gasteiger partial charge >= 0.3 is 0 Å². The van der Waals surface area contributed by atoms with Crippen molar-refractivity contribution in [2.75, 3.05) is 38.2 Å². The van der Waals surface area contributed by atoms with Crippen molar-refractivity contribution in [2.24, 2.45) is 0 Å². The molecule has 1 fully saturated rings. The van der Waals surface area contributed by atoms with E-state index in [-0.39, 0.29) is 9.92 Å². The molecule has 32 heavy (non-hydrogen) atoms. The van der Waals surface area contributed by atoms with Gasteiger partial charge < -0.3 is 9.64 Å². The predicted octanol–water partition coefficient (Wildman–Crippen LogP) is 4.81. The molecule has 4 rings (SSSR count). The maximum atomic E-state index is 13.4. The fourth-order valence-electron chi connectivity index (χ4n) is 3.49. The van der Waals surface area contributed by atoms with Crippen LogP contribution in [0.25, 0.3) is 0 Å². The van der Waals surface area contributed by atoms with Crippen molar-refractivity contribution < 1.29 is 17.5 Å². The van der Waals surface area contributed by atoms with E-state index in [9.17, 15) is 12.8 Å². The van der Waals surface area contributed by atoms with Crippen LogP contribution >= 0.6 is 38.9 Å². The molecule has 0 saturated carbocycles. The largest absolute Gasteiger partial charge is 0.495 e. The van der Waals surface area contributed by atoms with Crippen molar-refractivity contribution in [3.8, 4) is 5.75 Å². The molecule has 0 spiro atoms. The number of hydrogen-bond acceptors (Lipinski definition) is 6. The van der Waals surface area contributed by atoms with Crippen LogP contribution in [0, 0.1) is 5.82 Å². The number of anilines is 1. The number of thiazole rings is 1. The lowest BCUT2D eigenvalue weighted by atomic mass is 10.1. The maximum Gasteiger partial charge on any atom is 0.246 e. The van der Waals surface area contributed by atoms with Gasteiger partial charge in [-0.1, -0.05) is 33.6 Å². The lowest BCUT2D eigenvalue weighted by Gasteiger charge is -2.34. The zero-order valence-corrected chi connectivity index (χ0v) is 21.1. The smallest absolute Gasteiger partial charge is 0.246 e. The minimum Gasteiger partial charge on any atom is -0.495 e. The van der Waals surface area contributed by atoms with Crippen LogP contribution in [0.3, 0.4) is 0 Å². The number of piperazine rings is 1. The van der Waals surface area contributed by atoms with Crippen molar-refractivity contribution in [3.63, 3.8) is 0 Å². The summed E-state index contributed by atoms with van der Waals surface area (Å²) in [6, 6.07) is 9.60. The van der Waals surface area contributed by atoms with Gasteiger partial charge in [-0.15, -0.1) is 11.3 Å². The van der Waals surface area contributed by atoms with Crippen LogP contribution in [0.5, 0.6) is 5.75 Å². The van der Waals surface area contributed by atoms with Crippen LogP contribution in [0.15, 0.2) is 51.1 Å². The lowest BCUT2D eigenvalue weighted by Crippen LogP contribution is -2.48. The Bertz CT molecular complexity index is 1230. The van der Waals surface area contributed by atoms with Gasteiger partial charge in [0.25, 0.3) is 0 Å². The Morgan fingerprint density at radius 3 is 2.62 bits per heavy atom. The highest BCUT2D eigenvalue weighted by atomic mass is 79.9. The minimum absolute atomic E-state index is 0.0948. The number of nitrogens with zero attached hydrogens (tertiary/aromatic N) is 3. The van der Waals surface area contributed by atoms with Gasteiger partial charge in [0.15, 0.2) is 5.13 Å². The summed E-state index contributed by atoms with van der Waals surface area (Å²) in [5.41, 5.74) is 1.74. The van der Waals surface area contributed by atoms with Crippen molar-refractivity contribution in [2.45, 2.75) is 11.3 Å². The zero-order valence-electron chi connectivity index (χ0n) is 17.1. The Balaban J connectivity index is 1.43. The van der Waals surface area contributed by atoms with E-state index in [2.05, 4.69) is 25.8 Å². The fourth-order valence-corrected chi connectivity index (χ4v) is 6.69. The normalized spacial score (nSPS) is 15.2. The SMILES string of the molecule is COc1ccc(Br)cc1S(=O)(=O)N1CCN(c2nc(Cc3ccc(F)c(Cl)c3)cs2)CC1. The van der Waals surface area contributed by atoms with Crippen LogP contribution in [0.2, 0.25) is 5.02 Å². The fraction of sp³-hybridized carbons (Fsp3) is 0.286. The van der Waals surface area contributed by atoms with E-state index in [1.165, 1.54) is 28.8 Å². The third-order valence-corrected chi connectivity index (χ3v) is 8.81. The highest BCUT2D eigenvalue weighted by molar-refractivity contribution is 9.10. The highest BCUT2D eigenvalue weighted by Gasteiger charge is 2.31. The standard InChI is InChI=1S/C21H20BrClFN3O3S2/c1-30-19-5-3-15(22)12-20(19)32(28,29)27-8-6-26(7-9-27)21-25-16(13-31-21)10-14-2-4-18(24)17(23)11-14/h2-5,11-13H,6-10H2,1H3. The summed E-state index contributed by atoms with van der Waals surface area (Å²) in [7, 11) is -2.23. The number of aromatic nitrogens is 1. The average molecular weight is 561 g/mol. The van der Waals surface area contributed by atoms with Crippen LogP contribution in [0.1, 0.15) is 11.3 Å². The first-order valence-electron chi connectivity index (χ1n) is 9.75. The molecular formula is C21H20BrClFN3O3S2. The first-order chi connectivity index (χ1) is 15.3. The van der Waals surface area contributed by atoms with E-state index in [0.717, 1.165) is 16.4 Å². The number of methoxy groups -OCH3 is 1. The first kappa shape index (κ1) is 23.4. The van der Waals surface area contributed by atoms with Crippen LogP contribution in [0.4, 0.5) is 9.52 Å². The van der Waals surface area contributed by atoms with Crippen molar-refractivity contribution >= 4 is 54.0 Å². The Kier molecular flexibility index (Phi) is 7.06. The highest BCUT2D eigenvalue weighted by Crippen LogP contribution is 2.31. The minimum atomic E-state index is -3.68. The van der Waals surface area contributed by atoms with Gasteiger partial charge in [0, 0.05) is 42.5 Å². The van der Waals surface area contributed by atoms with E-state index in [0.29, 0.717) is 42.8 Å². The molecule has 0 amide bonds. The monoisotopic (exact) mass is 559 g/mol. The van der Waals surface area contributed by atoms with E-state index in [1.807, 2.05) is 5.38 Å². The predicted molar refractivity (Wildman–Crippen MR) is 128 cm³/mol. The molecule has 0 aliphatic carbocycles. The molecule has 0 atom stereocenters. The maximum absolute atomic E-state index is 13.4. The molecule has 2 aromatic carbocycles. The Labute approximate surface area is 203 Å². The second-order valence-corrected chi connectivity index (χ2v) is 11.3. The summed E-state index contributed by atoms with van der Waals surface area (Å²) >= 11 is 10.7. The second-order valence-electron chi connectivity index (χ2n) is 7.23. The van der Waals surface area contributed by atoms with Crippen LogP contribution in [-0.4, -0.2) is 51.0 Å². The van der Waals surface area contributed by atoms with Crippen LogP contribution in [-0.2, 0) is 16.4 Å². The molecule has 1 aliphatic rings. The van der Waals surface area contributed by atoms with Gasteiger partial charge in [-0.25, -0.2) is 17.8 Å². The number of sulfonamides is 1. The Morgan fingerprint density at radius 2 is 1.94 bits per heavy atom. The molecule has 2 heterocycles. The molecule has 0 N–H and O–H groups in total. The summed E-state index contributed by atoms with van der Waals surface area (Å²) in [5, 5.41) is 2.89. The number of rotatable bonds is 6. The van der Waals surface area contributed by atoms with Gasteiger partial charge in [0.05, 0.1) is 17.8 Å². The Hall–Kier alpha value is -1.72. The number of halogens is 3. The molecule has 170 valence electrons. The molecule has 1 saturated heterocycles. The van der Waals surface area contributed by atoms with E-state index >= 15 is 0 Å². The summed E-state index contributed by atoms with van der Waals surface area (Å²) in [6.45, 7) is 1.76. The number of ether oxygens (including phenoxy) is 1. The zero-order chi connectivity index (χ0) is 22.9. The van der Waals surface area contributed by atoms with Gasteiger partial charge in [-0.3, -0.25) is 0 Å². The van der Waals surface area contributed by atoms with Gasteiger partial charge in [0.2, 0.25) is 10.0 Å². The second kappa shape index (κ2) is 9.64. The molecule has 11 heteroatoms.